The van der Waals surface area contributed by atoms with Crippen LogP contribution in [0.25, 0.3) is 10.9 Å². The van der Waals surface area contributed by atoms with E-state index in [2.05, 4.69) is 14.9 Å². The van der Waals surface area contributed by atoms with Crippen LogP contribution in [0.2, 0.25) is 0 Å². The average molecular weight is 407 g/mol. The lowest BCUT2D eigenvalue weighted by Crippen LogP contribution is -2.50. The van der Waals surface area contributed by atoms with Crippen molar-refractivity contribution >= 4 is 20.9 Å². The molecule has 0 bridgehead atoms. The van der Waals surface area contributed by atoms with Gasteiger partial charge in [-0.3, -0.25) is 9.78 Å². The molecule has 2 aliphatic rings. The molecule has 0 radical (unpaired) electrons. The van der Waals surface area contributed by atoms with E-state index in [1.807, 2.05) is 0 Å². The number of aromatic nitrogens is 2. The summed E-state index contributed by atoms with van der Waals surface area (Å²) in [6, 6.07) is 4.29. The number of H-pyrrole nitrogens is 2. The molecule has 152 valence electrons. The molecule has 4 rings (SSSR count). The van der Waals surface area contributed by atoms with Crippen molar-refractivity contribution in [1.29, 1.82) is 0 Å². The second-order valence-electron chi connectivity index (χ2n) is 7.74. The molecule has 0 spiro atoms. The Bertz CT molecular complexity index is 1070. The molecular formula is C19H26N4O4S. The van der Waals surface area contributed by atoms with E-state index in [1.165, 1.54) is 37.5 Å². The zero-order chi connectivity index (χ0) is 19.7. The van der Waals surface area contributed by atoms with Crippen LogP contribution in [0.4, 0.5) is 0 Å². The van der Waals surface area contributed by atoms with E-state index < -0.39 is 21.3 Å². The van der Waals surface area contributed by atoms with E-state index in [0.717, 1.165) is 38.9 Å². The minimum absolute atomic E-state index is 0.0404. The van der Waals surface area contributed by atoms with Crippen LogP contribution >= 0.6 is 0 Å². The largest absolute Gasteiger partial charge is 0.326 e. The normalized spacial score (nSPS) is 22.5. The van der Waals surface area contributed by atoms with Gasteiger partial charge in [0.05, 0.1) is 15.8 Å². The number of nitrogens with zero attached hydrogens (tertiary/aromatic N) is 2. The monoisotopic (exact) mass is 406 g/mol. The van der Waals surface area contributed by atoms with E-state index in [4.69, 9.17) is 0 Å². The summed E-state index contributed by atoms with van der Waals surface area (Å²) in [5.74, 6) is 0. The number of likely N-dealkylation sites (tertiary alicyclic amines) is 1. The van der Waals surface area contributed by atoms with Crippen molar-refractivity contribution in [2.75, 3.05) is 26.2 Å². The van der Waals surface area contributed by atoms with Crippen LogP contribution in [-0.4, -0.2) is 59.8 Å². The maximum atomic E-state index is 13.4. The lowest BCUT2D eigenvalue weighted by Gasteiger charge is -2.38. The van der Waals surface area contributed by atoms with Gasteiger partial charge < -0.3 is 9.88 Å². The lowest BCUT2D eigenvalue weighted by atomic mass is 10.0. The molecule has 1 atom stereocenters. The second kappa shape index (κ2) is 7.81. The number of piperidine rings is 2. The summed E-state index contributed by atoms with van der Waals surface area (Å²) in [6.45, 7) is 3.33. The molecule has 2 N–H and O–H groups in total. The number of hydrogen-bond acceptors (Lipinski definition) is 5. The highest BCUT2D eigenvalue weighted by Crippen LogP contribution is 2.27. The van der Waals surface area contributed by atoms with Crippen LogP contribution in [0.15, 0.2) is 32.7 Å². The van der Waals surface area contributed by atoms with E-state index >= 15 is 0 Å². The van der Waals surface area contributed by atoms with Crippen LogP contribution in [0, 0.1) is 0 Å². The maximum Gasteiger partial charge on any atom is 0.326 e. The first kappa shape index (κ1) is 19.4. The minimum atomic E-state index is -3.72. The Morgan fingerprint density at radius 3 is 2.50 bits per heavy atom. The first-order chi connectivity index (χ1) is 13.4. The molecule has 3 heterocycles. The van der Waals surface area contributed by atoms with Crippen molar-refractivity contribution in [3.63, 3.8) is 0 Å². The van der Waals surface area contributed by atoms with Crippen molar-refractivity contribution in [2.45, 2.75) is 49.5 Å². The van der Waals surface area contributed by atoms with E-state index in [0.29, 0.717) is 12.1 Å². The molecule has 1 aromatic carbocycles. The number of fused-ring (bicyclic) bond motifs is 1. The van der Waals surface area contributed by atoms with Crippen molar-refractivity contribution < 1.29 is 8.42 Å². The Morgan fingerprint density at radius 1 is 0.964 bits per heavy atom. The average Bonchev–Trinajstić information content (AvgIpc) is 2.68. The first-order valence-electron chi connectivity index (χ1n) is 9.96. The standard InChI is InChI=1S/C19H26N4O4S/c24-18-16-12-15(7-8-17(16)20-19(25)21-18)28(26,27)23-11-5-2-6-14(23)13-22-9-3-1-4-10-22/h7-8,12,14H,1-6,9-11,13H2,(H2,20,21,24,25). The highest BCUT2D eigenvalue weighted by atomic mass is 32.2. The number of nitrogens with one attached hydrogen (secondary N) is 2. The van der Waals surface area contributed by atoms with E-state index in [-0.39, 0.29) is 16.3 Å². The summed E-state index contributed by atoms with van der Waals surface area (Å²) < 4.78 is 28.4. The highest BCUT2D eigenvalue weighted by Gasteiger charge is 2.34. The Hall–Kier alpha value is -1.97. The van der Waals surface area contributed by atoms with Crippen LogP contribution < -0.4 is 11.2 Å². The quantitative estimate of drug-likeness (QED) is 0.795. The summed E-state index contributed by atoms with van der Waals surface area (Å²) in [5, 5.41) is 0.172. The number of benzene rings is 1. The van der Waals surface area contributed by atoms with Crippen molar-refractivity contribution in [1.82, 2.24) is 19.2 Å². The van der Waals surface area contributed by atoms with Crippen molar-refractivity contribution in [3.8, 4) is 0 Å². The third-order valence-corrected chi connectivity index (χ3v) is 7.76. The zero-order valence-electron chi connectivity index (χ0n) is 15.8. The Labute approximate surface area is 163 Å². The minimum Gasteiger partial charge on any atom is -0.307 e. The lowest BCUT2D eigenvalue weighted by molar-refractivity contribution is 0.150. The van der Waals surface area contributed by atoms with Gasteiger partial charge >= 0.3 is 5.69 Å². The Balaban J connectivity index is 1.66. The SMILES string of the molecule is O=c1[nH]c(=O)c2cc(S(=O)(=O)N3CCCCC3CN3CCCCC3)ccc2[nH]1. The van der Waals surface area contributed by atoms with Gasteiger partial charge in [-0.2, -0.15) is 4.31 Å². The van der Waals surface area contributed by atoms with Crippen molar-refractivity contribution in [3.05, 3.63) is 39.0 Å². The maximum absolute atomic E-state index is 13.4. The highest BCUT2D eigenvalue weighted by molar-refractivity contribution is 7.89. The fourth-order valence-corrected chi connectivity index (χ4v) is 6.06. The fourth-order valence-electron chi connectivity index (χ4n) is 4.35. The molecule has 0 amide bonds. The summed E-state index contributed by atoms with van der Waals surface area (Å²) >= 11 is 0. The van der Waals surface area contributed by atoms with Gasteiger partial charge in [-0.05, 0) is 57.0 Å². The molecule has 9 heteroatoms. The van der Waals surface area contributed by atoms with Crippen LogP contribution in [-0.2, 0) is 10.0 Å². The number of sulfonamides is 1. The third kappa shape index (κ3) is 3.78. The molecule has 2 aliphatic heterocycles. The predicted octanol–water partition coefficient (Wildman–Crippen LogP) is 1.25. The molecule has 28 heavy (non-hydrogen) atoms. The van der Waals surface area contributed by atoms with Crippen LogP contribution in [0.5, 0.6) is 0 Å². The van der Waals surface area contributed by atoms with Gasteiger partial charge in [0.1, 0.15) is 0 Å². The van der Waals surface area contributed by atoms with Crippen LogP contribution in [0.1, 0.15) is 38.5 Å². The topological polar surface area (TPSA) is 106 Å². The van der Waals surface area contributed by atoms with Gasteiger partial charge in [-0.15, -0.1) is 0 Å². The summed E-state index contributed by atoms with van der Waals surface area (Å²) in [5.41, 5.74) is -0.860. The fraction of sp³-hybridized carbons (Fsp3) is 0.579. The summed E-state index contributed by atoms with van der Waals surface area (Å²) in [6.07, 6.45) is 6.32. The molecule has 2 saturated heterocycles. The smallest absolute Gasteiger partial charge is 0.307 e. The number of aromatic amines is 2. The Morgan fingerprint density at radius 2 is 1.71 bits per heavy atom. The number of hydrogen-bond donors (Lipinski definition) is 2. The molecule has 1 aromatic heterocycles. The molecule has 2 fully saturated rings. The van der Waals surface area contributed by atoms with Gasteiger partial charge in [0.15, 0.2) is 0 Å². The third-order valence-electron chi connectivity index (χ3n) is 5.81. The summed E-state index contributed by atoms with van der Waals surface area (Å²) in [4.78, 5) is 30.7. The van der Waals surface area contributed by atoms with Gasteiger partial charge in [-0.1, -0.05) is 12.8 Å². The van der Waals surface area contributed by atoms with E-state index in [1.54, 1.807) is 4.31 Å². The van der Waals surface area contributed by atoms with Crippen molar-refractivity contribution in [2.24, 2.45) is 0 Å². The van der Waals surface area contributed by atoms with E-state index in [9.17, 15) is 18.0 Å². The van der Waals surface area contributed by atoms with Gasteiger partial charge in [0.2, 0.25) is 10.0 Å². The molecule has 2 aromatic rings. The van der Waals surface area contributed by atoms with Crippen LogP contribution in [0.3, 0.4) is 0 Å². The van der Waals surface area contributed by atoms with Gasteiger partial charge in [0.25, 0.3) is 5.56 Å². The van der Waals surface area contributed by atoms with Gasteiger partial charge in [0, 0.05) is 19.1 Å². The summed E-state index contributed by atoms with van der Waals surface area (Å²) in [7, 11) is -3.72. The Kier molecular flexibility index (Phi) is 5.39. The zero-order valence-corrected chi connectivity index (χ0v) is 16.6. The first-order valence-corrected chi connectivity index (χ1v) is 11.4. The number of rotatable bonds is 4. The molecule has 8 nitrogen and oxygen atoms in total. The molecule has 0 aliphatic carbocycles. The second-order valence-corrected chi connectivity index (χ2v) is 9.63. The molecule has 1 unspecified atom stereocenters. The predicted molar refractivity (Wildman–Crippen MR) is 107 cm³/mol. The molecule has 0 saturated carbocycles. The molecular weight excluding hydrogens is 380 g/mol. The van der Waals surface area contributed by atoms with Gasteiger partial charge in [-0.25, -0.2) is 13.2 Å².